The Morgan fingerprint density at radius 1 is 0.327 bits per heavy atom. The van der Waals surface area contributed by atoms with Crippen LogP contribution in [0.1, 0.15) is 185 Å². The zero-order valence-corrected chi connectivity index (χ0v) is 71.4. The normalized spacial score (nSPS) is 26.0. The largest absolute Gasteiger partial charge is 0.491 e. The second-order valence-electron chi connectivity index (χ2n) is 33.4. The Balaban J connectivity index is 0.000000160. The molecule has 20 heteroatoms. The summed E-state index contributed by atoms with van der Waals surface area (Å²) in [5.41, 5.74) is 9.62. The summed E-state index contributed by atoms with van der Waals surface area (Å²) in [6, 6.07) is 33.6. The maximum Gasteiger partial charge on any atom is 0.169 e. The first-order valence-corrected chi connectivity index (χ1v) is 43.3. The zero-order chi connectivity index (χ0) is 80.2. The lowest BCUT2D eigenvalue weighted by Gasteiger charge is -2.37. The van der Waals surface area contributed by atoms with Gasteiger partial charge < -0.3 is 96.0 Å². The average Bonchev–Trinajstić information content (AvgIpc) is 1.67. The molecule has 0 bridgehead atoms. The Morgan fingerprint density at radius 3 is 0.903 bits per heavy atom. The number of piperazine rings is 4. The van der Waals surface area contributed by atoms with E-state index in [1.54, 1.807) is 0 Å². The SMILES string of the molecule is C=C(C)N1CCN(c2ccc(OCC3COC(C)(C4CCCCC4)O3)cc2)CC1.C=C(C)N1CCN(c2ccc(OCC3COC(C)(CCC)O3)cc2)CC1.C=C(C)N1CCN(c2ccc(OCC3COC(C)(CCCC)O3)cc2)CC1.C=C(C)N1CCN(c2ccc(OCC3COC(C)(CCCCCCCC)O3)cc2)CC1. The predicted molar refractivity (Wildman–Crippen MR) is 458 cm³/mol. The third kappa shape index (κ3) is 27.6. The van der Waals surface area contributed by atoms with E-state index < -0.39 is 23.1 Å². The van der Waals surface area contributed by atoms with Crippen molar-refractivity contribution in [2.24, 2.45) is 5.92 Å². The van der Waals surface area contributed by atoms with Crippen LogP contribution < -0.4 is 38.5 Å². The third-order valence-corrected chi connectivity index (χ3v) is 23.8. The van der Waals surface area contributed by atoms with Crippen LogP contribution >= 0.6 is 0 Å². The lowest BCUT2D eigenvalue weighted by molar-refractivity contribution is -0.199. The van der Waals surface area contributed by atoms with Crippen LogP contribution in [0, 0.1) is 5.92 Å². The molecule has 0 aromatic heterocycles. The molecule has 4 aromatic rings. The van der Waals surface area contributed by atoms with E-state index in [4.69, 9.17) is 56.8 Å². The number of hydrogen-bond acceptors (Lipinski definition) is 20. The number of benzene rings is 4. The van der Waals surface area contributed by atoms with Crippen LogP contribution in [-0.2, 0) is 37.9 Å². The minimum absolute atomic E-state index is 0.0000108. The number of rotatable bonds is 33. The summed E-state index contributed by atoms with van der Waals surface area (Å²) < 4.78 is 72.1. The Morgan fingerprint density at radius 2 is 0.602 bits per heavy atom. The van der Waals surface area contributed by atoms with Crippen LogP contribution in [0.25, 0.3) is 0 Å². The molecular formula is C93H144N8O12. The molecule has 13 rings (SSSR count). The number of nitrogens with zero attached hydrogens (tertiary/aromatic N) is 8. The van der Waals surface area contributed by atoms with Gasteiger partial charge in [-0.1, -0.05) is 111 Å². The molecule has 4 aromatic carbocycles. The minimum atomic E-state index is -0.450. The molecule has 8 aliphatic heterocycles. The molecule has 9 fully saturated rings. The molecule has 1 saturated carbocycles. The highest BCUT2D eigenvalue weighted by molar-refractivity contribution is 5.52. The molecule has 1 aliphatic carbocycles. The number of ether oxygens (including phenoxy) is 12. The van der Waals surface area contributed by atoms with Gasteiger partial charge in [0.15, 0.2) is 23.1 Å². The number of unbranched alkanes of at least 4 members (excludes halogenated alkanes) is 6. The van der Waals surface area contributed by atoms with Crippen molar-refractivity contribution in [1.29, 1.82) is 0 Å². The van der Waals surface area contributed by atoms with E-state index in [0.29, 0.717) is 58.8 Å². The second-order valence-corrected chi connectivity index (χ2v) is 33.4. The van der Waals surface area contributed by atoms with Gasteiger partial charge in [-0.15, -0.1) is 0 Å². The molecule has 8 atom stereocenters. The van der Waals surface area contributed by atoms with Crippen LogP contribution in [-0.4, -0.2) is 225 Å². The summed E-state index contributed by atoms with van der Waals surface area (Å²) in [7, 11) is 0. The first-order chi connectivity index (χ1) is 54.5. The Kier molecular flexibility index (Phi) is 34.4. The monoisotopic (exact) mass is 1570 g/mol. The fraction of sp³-hybridized carbons (Fsp3) is 0.656. The van der Waals surface area contributed by atoms with Gasteiger partial charge in [0.1, 0.15) is 73.8 Å². The number of allylic oxidation sites excluding steroid dienone is 4. The van der Waals surface area contributed by atoms with Crippen LogP contribution in [0.15, 0.2) is 146 Å². The van der Waals surface area contributed by atoms with E-state index in [9.17, 15) is 0 Å². The van der Waals surface area contributed by atoms with E-state index in [0.717, 1.165) is 195 Å². The zero-order valence-electron chi connectivity index (χ0n) is 71.4. The van der Waals surface area contributed by atoms with Crippen molar-refractivity contribution >= 4 is 22.7 Å². The van der Waals surface area contributed by atoms with Gasteiger partial charge in [-0.3, -0.25) is 0 Å². The van der Waals surface area contributed by atoms with E-state index in [1.165, 1.54) is 87.0 Å². The van der Waals surface area contributed by atoms with Crippen molar-refractivity contribution in [2.45, 2.75) is 233 Å². The maximum atomic E-state index is 6.29. The molecular weight excluding hydrogens is 1420 g/mol. The van der Waals surface area contributed by atoms with Gasteiger partial charge in [0.05, 0.1) is 26.4 Å². The van der Waals surface area contributed by atoms with Gasteiger partial charge in [-0.05, 0) is 178 Å². The maximum absolute atomic E-state index is 6.29. The molecule has 113 heavy (non-hydrogen) atoms. The van der Waals surface area contributed by atoms with Crippen molar-refractivity contribution in [2.75, 3.05) is 177 Å². The fourth-order valence-corrected chi connectivity index (χ4v) is 16.6. The van der Waals surface area contributed by atoms with Crippen molar-refractivity contribution in [3.8, 4) is 23.0 Å². The second kappa shape index (κ2) is 43.9. The summed E-state index contributed by atoms with van der Waals surface area (Å²) in [5.74, 6) is 2.29. The Labute approximate surface area is 680 Å². The fourth-order valence-electron chi connectivity index (χ4n) is 16.6. The van der Waals surface area contributed by atoms with E-state index in [-0.39, 0.29) is 24.4 Å². The molecule has 628 valence electrons. The van der Waals surface area contributed by atoms with Crippen LogP contribution in [0.2, 0.25) is 0 Å². The quantitative estimate of drug-likeness (QED) is 0.0418. The van der Waals surface area contributed by atoms with E-state index in [2.05, 4.69) is 201 Å². The van der Waals surface area contributed by atoms with E-state index >= 15 is 0 Å². The molecule has 20 nitrogen and oxygen atoms in total. The lowest BCUT2D eigenvalue weighted by Crippen LogP contribution is -2.45. The Bertz CT molecular complexity index is 3460. The van der Waals surface area contributed by atoms with Crippen molar-refractivity contribution < 1.29 is 56.8 Å². The molecule has 8 unspecified atom stereocenters. The van der Waals surface area contributed by atoms with Gasteiger partial charge in [0.25, 0.3) is 0 Å². The lowest BCUT2D eigenvalue weighted by atomic mass is 9.84. The van der Waals surface area contributed by atoms with Crippen LogP contribution in [0.4, 0.5) is 22.7 Å². The van der Waals surface area contributed by atoms with Crippen LogP contribution in [0.5, 0.6) is 23.0 Å². The highest BCUT2D eigenvalue weighted by Gasteiger charge is 2.45. The number of anilines is 4. The molecule has 0 N–H and O–H groups in total. The summed E-state index contributed by atoms with van der Waals surface area (Å²) in [6.45, 7) is 60.3. The highest BCUT2D eigenvalue weighted by Crippen LogP contribution is 2.41. The summed E-state index contributed by atoms with van der Waals surface area (Å²) >= 11 is 0. The summed E-state index contributed by atoms with van der Waals surface area (Å²) in [5, 5.41) is 0. The average molecular weight is 1570 g/mol. The summed E-state index contributed by atoms with van der Waals surface area (Å²) in [6.07, 6.45) is 20.2. The van der Waals surface area contributed by atoms with Crippen molar-refractivity contribution in [3.05, 3.63) is 146 Å². The first kappa shape index (κ1) is 88.5. The number of hydrogen-bond donors (Lipinski definition) is 0. The van der Waals surface area contributed by atoms with Crippen molar-refractivity contribution in [1.82, 2.24) is 19.6 Å². The minimum Gasteiger partial charge on any atom is -0.491 e. The standard InChI is InChI=1S/C26H42N2O3.C24H36N2O3.C22H34N2O3.C21H32N2O3/c1-5-6-7-8-9-10-15-26(4)30-21-25(31-26)20-29-24-13-11-23(12-14-24)28-18-16-27(17-19-28)22(2)3;1-19(2)25-13-15-26(16-14-25)21-9-11-22(12-10-21)27-17-23-18-28-24(3,29-23)20-7-5-4-6-8-20;1-5-6-11-22(4)26-17-21(27-22)16-25-20-9-7-19(8-10-20)24-14-12-23(13-15-24)18(2)3;1-5-10-21(4)25-16-20(26-21)15-24-19-8-6-18(7-9-19)23-13-11-22(12-14-23)17(2)3/h11-14,25H,2,5-10,15-21H2,1,3-4H3;9-12,20,23H,1,4-8,13-18H2,2-3H3;7-10,21H,2,5-6,11-17H2,1,3-4H3;6-9,20H,2,5,10-16H2,1,3-4H3. The molecule has 8 heterocycles. The third-order valence-electron chi connectivity index (χ3n) is 23.8. The topological polar surface area (TPSA) is 137 Å². The Hall–Kier alpha value is -6.88. The molecule has 9 aliphatic rings. The van der Waals surface area contributed by atoms with Gasteiger partial charge >= 0.3 is 0 Å². The van der Waals surface area contributed by atoms with Gasteiger partial charge in [0, 0.05) is 175 Å². The smallest absolute Gasteiger partial charge is 0.169 e. The predicted octanol–water partition coefficient (Wildman–Crippen LogP) is 17.7. The molecule has 0 spiro atoms. The van der Waals surface area contributed by atoms with Gasteiger partial charge in [-0.2, -0.15) is 0 Å². The van der Waals surface area contributed by atoms with Gasteiger partial charge in [-0.25, -0.2) is 0 Å². The van der Waals surface area contributed by atoms with Crippen LogP contribution in [0.3, 0.4) is 0 Å². The molecule has 8 saturated heterocycles. The van der Waals surface area contributed by atoms with Crippen molar-refractivity contribution in [3.63, 3.8) is 0 Å². The highest BCUT2D eigenvalue weighted by atomic mass is 16.8. The van der Waals surface area contributed by atoms with E-state index in [1.807, 2.05) is 38.1 Å². The molecule has 0 amide bonds. The molecule has 0 radical (unpaired) electrons. The van der Waals surface area contributed by atoms with Gasteiger partial charge in [0.2, 0.25) is 0 Å². The summed E-state index contributed by atoms with van der Waals surface area (Å²) in [4.78, 5) is 19.0. The first-order valence-electron chi connectivity index (χ1n) is 43.3.